The third kappa shape index (κ3) is 3.99. The molecule has 8 heteroatoms. The van der Waals surface area contributed by atoms with E-state index < -0.39 is 0 Å². The summed E-state index contributed by atoms with van der Waals surface area (Å²) >= 11 is 0. The number of morpholine rings is 1. The number of fused-ring (bicyclic) bond motifs is 1. The zero-order valence-electron chi connectivity index (χ0n) is 18.7. The molecule has 1 aromatic carbocycles. The number of amides is 1. The molecule has 1 amide bonds. The molecule has 170 valence electrons. The van der Waals surface area contributed by atoms with Crippen LogP contribution in [0, 0.1) is 0 Å². The van der Waals surface area contributed by atoms with Crippen molar-refractivity contribution in [1.82, 2.24) is 9.55 Å². The predicted octanol–water partition coefficient (Wildman–Crippen LogP) is 2.05. The van der Waals surface area contributed by atoms with Crippen molar-refractivity contribution >= 4 is 23.1 Å². The van der Waals surface area contributed by atoms with Crippen LogP contribution in [-0.4, -0.2) is 61.4 Å². The van der Waals surface area contributed by atoms with E-state index >= 15 is 0 Å². The van der Waals surface area contributed by atoms with Crippen molar-refractivity contribution in [1.29, 1.82) is 0 Å². The fourth-order valence-electron chi connectivity index (χ4n) is 5.22. The molecule has 1 aromatic heterocycles. The predicted molar refractivity (Wildman–Crippen MR) is 125 cm³/mol. The van der Waals surface area contributed by atoms with Gasteiger partial charge in [-0.1, -0.05) is 18.9 Å². The molecule has 2 fully saturated rings. The summed E-state index contributed by atoms with van der Waals surface area (Å²) in [5.41, 5.74) is 3.13. The normalized spacial score (nSPS) is 18.8. The lowest BCUT2D eigenvalue weighted by atomic mass is 10.1. The van der Waals surface area contributed by atoms with Crippen LogP contribution < -0.4 is 20.3 Å². The summed E-state index contributed by atoms with van der Waals surface area (Å²) in [6.07, 6.45) is 8.65. The molecule has 1 saturated heterocycles. The fraction of sp³-hybridized carbons (Fsp3) is 0.542. The van der Waals surface area contributed by atoms with E-state index in [0.717, 1.165) is 57.1 Å². The number of carbonyl (C=O) groups is 1. The van der Waals surface area contributed by atoms with Gasteiger partial charge in [-0.2, -0.15) is 0 Å². The van der Waals surface area contributed by atoms with Gasteiger partial charge < -0.3 is 24.0 Å². The van der Waals surface area contributed by atoms with E-state index in [1.165, 1.54) is 34.9 Å². The lowest BCUT2D eigenvalue weighted by Crippen LogP contribution is -2.37. The SMILES string of the molecule is CN(c1cn(CC(=O)N2CCc3c(N4CCOCC4)cccc32)c(=O)cn1)C1CCCC1. The van der Waals surface area contributed by atoms with Gasteiger partial charge in [-0.15, -0.1) is 0 Å². The Hall–Kier alpha value is -2.87. The molecule has 8 nitrogen and oxygen atoms in total. The number of hydrogen-bond donors (Lipinski definition) is 0. The average molecular weight is 438 g/mol. The van der Waals surface area contributed by atoms with Crippen LogP contribution in [0.4, 0.5) is 17.2 Å². The second-order valence-corrected chi connectivity index (χ2v) is 8.93. The van der Waals surface area contributed by atoms with Crippen LogP contribution in [0.5, 0.6) is 0 Å². The molecule has 1 saturated carbocycles. The summed E-state index contributed by atoms with van der Waals surface area (Å²) in [4.78, 5) is 36.4. The maximum Gasteiger partial charge on any atom is 0.269 e. The zero-order valence-corrected chi connectivity index (χ0v) is 18.7. The quantitative estimate of drug-likeness (QED) is 0.713. The first-order chi connectivity index (χ1) is 15.6. The Kier molecular flexibility index (Phi) is 5.87. The maximum atomic E-state index is 13.3. The Morgan fingerprint density at radius 2 is 1.91 bits per heavy atom. The van der Waals surface area contributed by atoms with Crippen LogP contribution in [-0.2, 0) is 22.5 Å². The van der Waals surface area contributed by atoms with Crippen LogP contribution in [0.2, 0.25) is 0 Å². The summed E-state index contributed by atoms with van der Waals surface area (Å²) in [5, 5.41) is 0. The number of carbonyl (C=O) groups excluding carboxylic acids is 1. The Morgan fingerprint density at radius 3 is 2.69 bits per heavy atom. The van der Waals surface area contributed by atoms with Gasteiger partial charge in [0.1, 0.15) is 12.4 Å². The molecule has 32 heavy (non-hydrogen) atoms. The molecular weight excluding hydrogens is 406 g/mol. The summed E-state index contributed by atoms with van der Waals surface area (Å²) in [7, 11) is 2.03. The van der Waals surface area contributed by atoms with Gasteiger partial charge in [0.05, 0.1) is 25.6 Å². The van der Waals surface area contributed by atoms with Gasteiger partial charge >= 0.3 is 0 Å². The van der Waals surface area contributed by atoms with Crippen LogP contribution in [0.25, 0.3) is 0 Å². The molecular formula is C24H31N5O3. The van der Waals surface area contributed by atoms with Crippen molar-refractivity contribution in [3.8, 4) is 0 Å². The zero-order chi connectivity index (χ0) is 22.1. The van der Waals surface area contributed by atoms with Gasteiger partial charge in [-0.05, 0) is 31.4 Å². The lowest BCUT2D eigenvalue weighted by molar-refractivity contribution is -0.119. The number of hydrogen-bond acceptors (Lipinski definition) is 6. The molecule has 0 spiro atoms. The highest BCUT2D eigenvalue weighted by atomic mass is 16.5. The number of aromatic nitrogens is 2. The van der Waals surface area contributed by atoms with Crippen molar-refractivity contribution in [2.75, 3.05) is 54.6 Å². The van der Waals surface area contributed by atoms with Crippen LogP contribution >= 0.6 is 0 Å². The van der Waals surface area contributed by atoms with Gasteiger partial charge in [-0.25, -0.2) is 4.98 Å². The Bertz CT molecular complexity index is 1040. The van der Waals surface area contributed by atoms with Crippen molar-refractivity contribution in [3.05, 3.63) is 46.5 Å². The highest BCUT2D eigenvalue weighted by Gasteiger charge is 2.29. The minimum Gasteiger partial charge on any atom is -0.378 e. The van der Waals surface area contributed by atoms with E-state index in [0.29, 0.717) is 12.6 Å². The number of benzene rings is 1. The second-order valence-electron chi connectivity index (χ2n) is 8.93. The molecule has 3 heterocycles. The van der Waals surface area contributed by atoms with Gasteiger partial charge in [0.25, 0.3) is 5.56 Å². The minimum absolute atomic E-state index is 0.0219. The van der Waals surface area contributed by atoms with E-state index in [1.807, 2.05) is 24.1 Å². The maximum absolute atomic E-state index is 13.3. The summed E-state index contributed by atoms with van der Waals surface area (Å²) in [5.74, 6) is 0.686. The number of anilines is 3. The standard InChI is InChI=1S/C24H31N5O3/c1-26(18-5-2-3-6-18)22-16-28(23(30)15-25-22)17-24(31)29-10-9-19-20(7-4-8-21(19)29)27-11-13-32-14-12-27/h4,7-8,15-16,18H,2-3,5-6,9-14,17H2,1H3. The van der Waals surface area contributed by atoms with Gasteiger partial charge in [0.2, 0.25) is 5.91 Å². The summed E-state index contributed by atoms with van der Waals surface area (Å²) in [6, 6.07) is 6.62. The first-order valence-electron chi connectivity index (χ1n) is 11.7. The van der Waals surface area contributed by atoms with Crippen molar-refractivity contribution in [2.45, 2.75) is 44.7 Å². The lowest BCUT2D eigenvalue weighted by Gasteiger charge is -2.30. The van der Waals surface area contributed by atoms with Crippen molar-refractivity contribution < 1.29 is 9.53 Å². The number of rotatable bonds is 5. The molecule has 0 bridgehead atoms. The molecule has 0 atom stereocenters. The summed E-state index contributed by atoms with van der Waals surface area (Å²) < 4.78 is 6.99. The molecule has 0 N–H and O–H groups in total. The van der Waals surface area contributed by atoms with E-state index in [-0.39, 0.29) is 18.0 Å². The van der Waals surface area contributed by atoms with Crippen LogP contribution in [0.15, 0.2) is 35.4 Å². The molecule has 3 aliphatic rings. The average Bonchev–Trinajstić information content (AvgIpc) is 3.51. The van der Waals surface area contributed by atoms with E-state index in [9.17, 15) is 9.59 Å². The Morgan fingerprint density at radius 1 is 1.16 bits per heavy atom. The smallest absolute Gasteiger partial charge is 0.269 e. The molecule has 0 unspecified atom stereocenters. The first kappa shape index (κ1) is 21.0. The van der Waals surface area contributed by atoms with E-state index in [4.69, 9.17) is 4.74 Å². The Balaban J connectivity index is 1.35. The topological polar surface area (TPSA) is 70.9 Å². The first-order valence-corrected chi connectivity index (χ1v) is 11.7. The molecule has 2 aliphatic heterocycles. The molecule has 2 aromatic rings. The largest absolute Gasteiger partial charge is 0.378 e. The van der Waals surface area contributed by atoms with E-state index in [1.54, 1.807) is 6.20 Å². The number of nitrogens with zero attached hydrogens (tertiary/aromatic N) is 5. The monoisotopic (exact) mass is 437 g/mol. The molecule has 5 rings (SSSR count). The highest BCUT2D eigenvalue weighted by molar-refractivity contribution is 5.96. The Labute approximate surface area is 188 Å². The van der Waals surface area contributed by atoms with Crippen LogP contribution in [0.3, 0.4) is 0 Å². The molecule has 1 aliphatic carbocycles. The van der Waals surface area contributed by atoms with E-state index in [2.05, 4.69) is 20.9 Å². The van der Waals surface area contributed by atoms with Crippen molar-refractivity contribution in [2.24, 2.45) is 0 Å². The van der Waals surface area contributed by atoms with Gasteiger partial charge in [0, 0.05) is 49.7 Å². The van der Waals surface area contributed by atoms with Crippen molar-refractivity contribution in [3.63, 3.8) is 0 Å². The van der Waals surface area contributed by atoms with Crippen LogP contribution in [0.1, 0.15) is 31.2 Å². The van der Waals surface area contributed by atoms with Gasteiger partial charge in [0.15, 0.2) is 0 Å². The number of ether oxygens (including phenoxy) is 1. The molecule has 0 radical (unpaired) electrons. The third-order valence-electron chi connectivity index (χ3n) is 7.06. The summed E-state index contributed by atoms with van der Waals surface area (Å²) in [6.45, 7) is 3.87. The van der Waals surface area contributed by atoms with Gasteiger partial charge in [-0.3, -0.25) is 9.59 Å². The third-order valence-corrected chi connectivity index (χ3v) is 7.06. The fourth-order valence-corrected chi connectivity index (χ4v) is 5.22. The highest BCUT2D eigenvalue weighted by Crippen LogP contribution is 2.36. The second kappa shape index (κ2) is 8.94. The minimum atomic E-state index is -0.247.